The average molecular weight is 479 g/mol. The van der Waals surface area contributed by atoms with Gasteiger partial charge in [-0.2, -0.15) is 0 Å². The second-order valence-corrected chi connectivity index (χ2v) is 10.8. The van der Waals surface area contributed by atoms with E-state index in [0.717, 1.165) is 0 Å². The van der Waals surface area contributed by atoms with E-state index in [1.54, 1.807) is 0 Å². The monoisotopic (exact) mass is 478 g/mol. The molecule has 0 amide bonds. The van der Waals surface area contributed by atoms with Crippen LogP contribution in [0.1, 0.15) is 102 Å². The highest BCUT2D eigenvalue weighted by molar-refractivity contribution is 5.91. The minimum absolute atomic E-state index is 1.20. The summed E-state index contributed by atoms with van der Waals surface area (Å²) in [5, 5.41) is 5.41. The Hall–Kier alpha value is -2.60. The van der Waals surface area contributed by atoms with Gasteiger partial charge in [-0.05, 0) is 81.6 Å². The molecular formula is C36H46. The minimum atomic E-state index is 1.20. The molecule has 4 aromatic carbocycles. The highest BCUT2D eigenvalue weighted by atomic mass is 14.1. The first-order valence-electron chi connectivity index (χ1n) is 14.8. The third kappa shape index (κ3) is 7.70. The van der Waals surface area contributed by atoms with Crippen LogP contribution < -0.4 is 0 Å². The van der Waals surface area contributed by atoms with E-state index in [9.17, 15) is 0 Å². The van der Waals surface area contributed by atoms with Crippen molar-refractivity contribution in [3.8, 4) is 11.1 Å². The van der Waals surface area contributed by atoms with Gasteiger partial charge in [0.1, 0.15) is 0 Å². The molecule has 0 radical (unpaired) electrons. The lowest BCUT2D eigenvalue weighted by molar-refractivity contribution is 0.607. The molecule has 0 fully saturated rings. The molecule has 0 aliphatic carbocycles. The number of unbranched alkanes of at least 4 members (excludes halogenated alkanes) is 10. The van der Waals surface area contributed by atoms with Crippen molar-refractivity contribution in [3.63, 3.8) is 0 Å². The Bertz CT molecular complexity index is 1120. The van der Waals surface area contributed by atoms with E-state index in [-0.39, 0.29) is 0 Å². The summed E-state index contributed by atoms with van der Waals surface area (Å²) in [5.41, 5.74) is 5.58. The molecule has 0 nitrogen and oxygen atoms in total. The average Bonchev–Trinajstić information content (AvgIpc) is 2.92. The fraction of sp³-hybridized carbons (Fsp3) is 0.444. The summed E-state index contributed by atoms with van der Waals surface area (Å²) >= 11 is 0. The fourth-order valence-corrected chi connectivity index (χ4v) is 5.48. The molecule has 0 heterocycles. The third-order valence-corrected chi connectivity index (χ3v) is 7.78. The van der Waals surface area contributed by atoms with Crippen LogP contribution in [0.2, 0.25) is 0 Å². The molecule has 0 unspecified atom stereocenters. The summed E-state index contributed by atoms with van der Waals surface area (Å²) in [5.74, 6) is 0. The van der Waals surface area contributed by atoms with Crippen LogP contribution in [0.15, 0.2) is 72.8 Å². The maximum Gasteiger partial charge on any atom is -0.0177 e. The highest BCUT2D eigenvalue weighted by Gasteiger charge is 2.04. The zero-order chi connectivity index (χ0) is 25.0. The Morgan fingerprint density at radius 2 is 0.722 bits per heavy atom. The summed E-state index contributed by atoms with van der Waals surface area (Å²) < 4.78 is 0. The lowest BCUT2D eigenvalue weighted by Crippen LogP contribution is -1.88. The zero-order valence-electron chi connectivity index (χ0n) is 22.8. The molecule has 0 bridgehead atoms. The predicted octanol–water partition coefficient (Wildman–Crippen LogP) is 11.5. The van der Waals surface area contributed by atoms with Gasteiger partial charge in [-0.25, -0.2) is 0 Å². The van der Waals surface area contributed by atoms with Gasteiger partial charge in [-0.3, -0.25) is 0 Å². The largest absolute Gasteiger partial charge is 0.0654 e. The van der Waals surface area contributed by atoms with Crippen LogP contribution in [0.5, 0.6) is 0 Å². The van der Waals surface area contributed by atoms with Gasteiger partial charge in [0.25, 0.3) is 0 Å². The molecule has 0 saturated carbocycles. The van der Waals surface area contributed by atoms with Crippen LogP contribution in [-0.2, 0) is 12.8 Å². The predicted molar refractivity (Wildman–Crippen MR) is 161 cm³/mol. The molecule has 0 spiro atoms. The van der Waals surface area contributed by atoms with Crippen LogP contribution in [0.3, 0.4) is 0 Å². The molecule has 4 aromatic rings. The Kier molecular flexibility index (Phi) is 10.5. The van der Waals surface area contributed by atoms with Crippen LogP contribution in [0.4, 0.5) is 0 Å². The number of fused-ring (bicyclic) bond motifs is 2. The summed E-state index contributed by atoms with van der Waals surface area (Å²) in [4.78, 5) is 0. The molecule has 190 valence electrons. The van der Waals surface area contributed by atoms with Crippen LogP contribution in [0.25, 0.3) is 32.7 Å². The van der Waals surface area contributed by atoms with E-state index in [0.29, 0.717) is 0 Å². The van der Waals surface area contributed by atoms with Gasteiger partial charge >= 0.3 is 0 Å². The summed E-state index contributed by atoms with van der Waals surface area (Å²) in [7, 11) is 0. The maximum atomic E-state index is 2.40. The lowest BCUT2D eigenvalue weighted by Gasteiger charge is -2.09. The van der Waals surface area contributed by atoms with Crippen molar-refractivity contribution >= 4 is 21.5 Å². The minimum Gasteiger partial charge on any atom is -0.0654 e. The first-order chi connectivity index (χ1) is 17.8. The molecular weight excluding hydrogens is 432 g/mol. The Morgan fingerprint density at radius 1 is 0.361 bits per heavy atom. The Balaban J connectivity index is 1.37. The van der Waals surface area contributed by atoms with Crippen LogP contribution >= 0.6 is 0 Å². The van der Waals surface area contributed by atoms with Gasteiger partial charge in [0, 0.05) is 0 Å². The van der Waals surface area contributed by atoms with E-state index >= 15 is 0 Å². The normalized spacial score (nSPS) is 11.5. The molecule has 0 aliphatic rings. The topological polar surface area (TPSA) is 0 Å². The van der Waals surface area contributed by atoms with E-state index in [4.69, 9.17) is 0 Å². The number of rotatable bonds is 15. The second kappa shape index (κ2) is 14.2. The fourth-order valence-electron chi connectivity index (χ4n) is 5.48. The molecule has 0 N–H and O–H groups in total. The quantitative estimate of drug-likeness (QED) is 0.149. The molecule has 0 saturated heterocycles. The highest BCUT2D eigenvalue weighted by Crippen LogP contribution is 2.29. The van der Waals surface area contributed by atoms with E-state index in [1.807, 2.05) is 0 Å². The zero-order valence-corrected chi connectivity index (χ0v) is 22.8. The molecule has 4 rings (SSSR count). The van der Waals surface area contributed by atoms with Crippen molar-refractivity contribution in [2.45, 2.75) is 104 Å². The molecule has 0 aromatic heterocycles. The molecule has 0 aliphatic heterocycles. The molecule has 36 heavy (non-hydrogen) atoms. The second-order valence-electron chi connectivity index (χ2n) is 10.8. The van der Waals surface area contributed by atoms with E-state index < -0.39 is 0 Å². The van der Waals surface area contributed by atoms with Crippen molar-refractivity contribution in [3.05, 3.63) is 83.9 Å². The lowest BCUT2D eigenvalue weighted by atomic mass is 9.96. The summed E-state index contributed by atoms with van der Waals surface area (Å²) in [6, 6.07) is 28.0. The Labute approximate surface area is 220 Å². The number of aryl methyl sites for hydroxylation is 2. The van der Waals surface area contributed by atoms with Crippen molar-refractivity contribution in [2.75, 3.05) is 0 Å². The van der Waals surface area contributed by atoms with Gasteiger partial charge in [-0.1, -0.05) is 139 Å². The molecule has 0 atom stereocenters. The third-order valence-electron chi connectivity index (χ3n) is 7.78. The molecule has 0 heteroatoms. The van der Waals surface area contributed by atoms with Crippen LogP contribution in [-0.4, -0.2) is 0 Å². The number of hydrogen-bond donors (Lipinski definition) is 0. The van der Waals surface area contributed by atoms with Crippen molar-refractivity contribution in [1.82, 2.24) is 0 Å². The van der Waals surface area contributed by atoms with E-state index in [1.165, 1.54) is 134 Å². The number of benzene rings is 4. The number of hydrogen-bond acceptors (Lipinski definition) is 0. The van der Waals surface area contributed by atoms with Gasteiger partial charge < -0.3 is 0 Å². The van der Waals surface area contributed by atoms with Gasteiger partial charge in [0.05, 0.1) is 0 Å². The van der Waals surface area contributed by atoms with Crippen molar-refractivity contribution < 1.29 is 0 Å². The van der Waals surface area contributed by atoms with E-state index in [2.05, 4.69) is 86.6 Å². The maximum absolute atomic E-state index is 2.40. The first-order valence-corrected chi connectivity index (χ1v) is 14.8. The van der Waals surface area contributed by atoms with Crippen molar-refractivity contribution in [2.24, 2.45) is 0 Å². The Morgan fingerprint density at radius 3 is 1.17 bits per heavy atom. The van der Waals surface area contributed by atoms with Gasteiger partial charge in [-0.15, -0.1) is 0 Å². The smallest absolute Gasteiger partial charge is 0.0177 e. The van der Waals surface area contributed by atoms with Gasteiger partial charge in [0.15, 0.2) is 0 Å². The van der Waals surface area contributed by atoms with Crippen molar-refractivity contribution in [1.29, 1.82) is 0 Å². The van der Waals surface area contributed by atoms with Gasteiger partial charge in [0.2, 0.25) is 0 Å². The summed E-state index contributed by atoms with van der Waals surface area (Å²) in [6.07, 6.45) is 18.7. The first kappa shape index (κ1) is 26.5. The summed E-state index contributed by atoms with van der Waals surface area (Å²) in [6.45, 7) is 4.57. The van der Waals surface area contributed by atoms with Crippen LogP contribution in [0, 0.1) is 0 Å². The SMILES string of the molecule is CCCCCCCCc1ccc2cc(-c3ccc4cc(CCCCCCCC)ccc4c3)ccc2c1. The standard InChI is InChI=1S/C36H46/c1-3-5-7-9-11-13-15-29-17-19-33-27-35(23-21-31(33)25-29)36-24-22-32-26-30(18-20-34(32)28-36)16-14-12-10-8-6-4-2/h17-28H,3-16H2,1-2H3.